The molecule has 0 aromatic carbocycles. The topological polar surface area (TPSA) is 58.4 Å². The molecule has 0 radical (unpaired) electrons. The minimum absolute atomic E-state index is 0.102. The Morgan fingerprint density at radius 2 is 1.97 bits per heavy atom. The number of hydrogen-bond acceptors (Lipinski definition) is 6. The van der Waals surface area contributed by atoms with E-state index in [0.29, 0.717) is 32.7 Å². The second-order valence-electron chi connectivity index (χ2n) is 8.02. The van der Waals surface area contributed by atoms with E-state index in [1.165, 1.54) is 28.2 Å². The van der Waals surface area contributed by atoms with Crippen molar-refractivity contribution in [2.45, 2.75) is 45.6 Å². The highest BCUT2D eigenvalue weighted by Crippen LogP contribution is 2.34. The molecule has 1 aliphatic carbocycles. The third-order valence-electron chi connectivity index (χ3n) is 6.08. The first kappa shape index (κ1) is 19.8. The second-order valence-corrected chi connectivity index (χ2v) is 10.0. The summed E-state index contributed by atoms with van der Waals surface area (Å²) >= 11 is 3.19. The average Bonchev–Trinajstić information content (AvgIpc) is 3.43. The summed E-state index contributed by atoms with van der Waals surface area (Å²) in [6, 6.07) is 3.80. The van der Waals surface area contributed by atoms with Crippen molar-refractivity contribution in [2.24, 2.45) is 0 Å². The van der Waals surface area contributed by atoms with Gasteiger partial charge in [0.25, 0.3) is 11.5 Å². The molecular formula is C22H26N4O2S2. The number of carbonyl (C=O) groups is 1. The Bertz CT molecular complexity index is 1120. The van der Waals surface area contributed by atoms with Crippen LogP contribution in [-0.2, 0) is 19.4 Å². The van der Waals surface area contributed by atoms with E-state index < -0.39 is 0 Å². The Morgan fingerprint density at radius 3 is 2.70 bits per heavy atom. The maximum Gasteiger partial charge on any atom is 0.264 e. The lowest BCUT2D eigenvalue weighted by Crippen LogP contribution is -2.50. The van der Waals surface area contributed by atoms with Crippen LogP contribution >= 0.6 is 22.7 Å². The lowest BCUT2D eigenvalue weighted by atomic mass is 9.97. The number of aryl methyl sites for hydroxylation is 2. The van der Waals surface area contributed by atoms with Crippen LogP contribution in [0.2, 0.25) is 0 Å². The Morgan fingerprint density at radius 1 is 1.17 bits per heavy atom. The smallest absolute Gasteiger partial charge is 0.264 e. The lowest BCUT2D eigenvalue weighted by molar-refractivity contribution is 0.0751. The molecule has 0 unspecified atom stereocenters. The fourth-order valence-corrected chi connectivity index (χ4v) is 6.50. The fourth-order valence-electron chi connectivity index (χ4n) is 4.56. The first-order valence-electron chi connectivity index (χ1n) is 10.8. The minimum Gasteiger partial charge on any atom is -0.339 e. The van der Waals surface area contributed by atoms with E-state index in [2.05, 4.69) is 11.8 Å². The molecule has 1 aliphatic heterocycles. The number of thiophene rings is 2. The number of rotatable bonds is 4. The molecule has 4 heterocycles. The number of amides is 1. The number of piperazine rings is 1. The van der Waals surface area contributed by atoms with Crippen molar-refractivity contribution in [3.8, 4) is 0 Å². The molecule has 8 heteroatoms. The van der Waals surface area contributed by atoms with Gasteiger partial charge in [0.2, 0.25) is 5.95 Å². The highest BCUT2D eigenvalue weighted by molar-refractivity contribution is 7.18. The molecule has 3 aromatic rings. The molecule has 0 saturated carbocycles. The summed E-state index contributed by atoms with van der Waals surface area (Å²) in [5.41, 5.74) is 1.37. The van der Waals surface area contributed by atoms with Crippen LogP contribution in [0.3, 0.4) is 0 Å². The number of fused-ring (bicyclic) bond motifs is 3. The normalized spacial score (nSPS) is 16.8. The molecular weight excluding hydrogens is 416 g/mol. The third-order valence-corrected chi connectivity index (χ3v) is 8.13. The van der Waals surface area contributed by atoms with E-state index in [9.17, 15) is 9.59 Å². The van der Waals surface area contributed by atoms with Gasteiger partial charge in [0, 0.05) is 37.6 Å². The first-order chi connectivity index (χ1) is 14.7. The number of nitrogens with zero attached hydrogens (tertiary/aromatic N) is 4. The summed E-state index contributed by atoms with van der Waals surface area (Å²) in [7, 11) is 0. The SMILES string of the molecule is CCCn1c(N2CCN(C(=O)c3cccs3)CC2)nc2sc3c(c2c1=O)CCCC3. The third kappa shape index (κ3) is 3.36. The van der Waals surface area contributed by atoms with E-state index in [1.807, 2.05) is 27.0 Å². The van der Waals surface area contributed by atoms with Crippen molar-refractivity contribution in [2.75, 3.05) is 31.1 Å². The molecule has 5 rings (SSSR count). The summed E-state index contributed by atoms with van der Waals surface area (Å²) in [5.74, 6) is 0.876. The molecule has 6 nitrogen and oxygen atoms in total. The Balaban J connectivity index is 1.46. The lowest BCUT2D eigenvalue weighted by Gasteiger charge is -2.36. The second kappa shape index (κ2) is 8.15. The van der Waals surface area contributed by atoms with Gasteiger partial charge in [0.1, 0.15) is 4.83 Å². The highest BCUT2D eigenvalue weighted by Gasteiger charge is 2.27. The minimum atomic E-state index is 0.102. The summed E-state index contributed by atoms with van der Waals surface area (Å²) < 4.78 is 1.88. The largest absolute Gasteiger partial charge is 0.339 e. The van der Waals surface area contributed by atoms with E-state index in [-0.39, 0.29) is 11.5 Å². The van der Waals surface area contributed by atoms with Gasteiger partial charge in [-0.2, -0.15) is 0 Å². The standard InChI is InChI=1S/C22H26N4O2S2/c1-2-9-26-21(28)18-15-6-3-4-7-16(15)30-19(18)23-22(26)25-12-10-24(11-13-25)20(27)17-8-5-14-29-17/h5,8,14H,2-4,6-7,9-13H2,1H3. The van der Waals surface area contributed by atoms with E-state index in [1.54, 1.807) is 11.3 Å². The summed E-state index contributed by atoms with van der Waals surface area (Å²) in [6.45, 7) is 5.47. The van der Waals surface area contributed by atoms with Gasteiger partial charge in [-0.3, -0.25) is 14.2 Å². The van der Waals surface area contributed by atoms with Gasteiger partial charge < -0.3 is 9.80 Å². The van der Waals surface area contributed by atoms with Crippen molar-refractivity contribution in [3.63, 3.8) is 0 Å². The monoisotopic (exact) mass is 442 g/mol. The molecule has 1 saturated heterocycles. The molecule has 158 valence electrons. The van der Waals surface area contributed by atoms with Gasteiger partial charge in [-0.1, -0.05) is 13.0 Å². The van der Waals surface area contributed by atoms with Crippen LogP contribution in [0.1, 0.15) is 46.3 Å². The van der Waals surface area contributed by atoms with Gasteiger partial charge in [-0.25, -0.2) is 4.98 Å². The molecule has 0 N–H and O–H groups in total. The fraction of sp³-hybridized carbons (Fsp3) is 0.500. The predicted molar refractivity (Wildman–Crippen MR) is 123 cm³/mol. The van der Waals surface area contributed by atoms with Crippen LogP contribution in [0.4, 0.5) is 5.95 Å². The highest BCUT2D eigenvalue weighted by atomic mass is 32.1. The summed E-state index contributed by atoms with van der Waals surface area (Å²) in [4.78, 5) is 38.3. The van der Waals surface area contributed by atoms with Crippen molar-refractivity contribution in [1.29, 1.82) is 0 Å². The van der Waals surface area contributed by atoms with Crippen LogP contribution in [0.5, 0.6) is 0 Å². The van der Waals surface area contributed by atoms with Crippen molar-refractivity contribution >= 4 is 44.7 Å². The van der Waals surface area contributed by atoms with E-state index in [0.717, 1.165) is 46.7 Å². The van der Waals surface area contributed by atoms with Gasteiger partial charge in [-0.05, 0) is 49.1 Å². The molecule has 2 aliphatic rings. The number of hydrogen-bond donors (Lipinski definition) is 0. The summed E-state index contributed by atoms with van der Waals surface area (Å²) in [5, 5.41) is 2.80. The van der Waals surface area contributed by atoms with Crippen molar-refractivity contribution in [3.05, 3.63) is 43.2 Å². The van der Waals surface area contributed by atoms with E-state index >= 15 is 0 Å². The molecule has 3 aromatic heterocycles. The first-order valence-corrected chi connectivity index (χ1v) is 12.5. The molecule has 0 spiro atoms. The zero-order chi connectivity index (χ0) is 20.7. The van der Waals surface area contributed by atoms with Crippen molar-refractivity contribution in [1.82, 2.24) is 14.5 Å². The molecule has 30 heavy (non-hydrogen) atoms. The van der Waals surface area contributed by atoms with Gasteiger partial charge in [-0.15, -0.1) is 22.7 Å². The quantitative estimate of drug-likeness (QED) is 0.617. The van der Waals surface area contributed by atoms with Crippen LogP contribution in [0, 0.1) is 0 Å². The molecule has 1 fully saturated rings. The van der Waals surface area contributed by atoms with Crippen LogP contribution < -0.4 is 10.5 Å². The van der Waals surface area contributed by atoms with E-state index in [4.69, 9.17) is 4.98 Å². The van der Waals surface area contributed by atoms with Gasteiger partial charge >= 0.3 is 0 Å². The maximum atomic E-state index is 13.5. The number of anilines is 1. The zero-order valence-corrected chi connectivity index (χ0v) is 18.9. The van der Waals surface area contributed by atoms with Gasteiger partial charge in [0.15, 0.2) is 0 Å². The number of carbonyl (C=O) groups excluding carboxylic acids is 1. The zero-order valence-electron chi connectivity index (χ0n) is 17.2. The van der Waals surface area contributed by atoms with Gasteiger partial charge in [0.05, 0.1) is 10.3 Å². The van der Waals surface area contributed by atoms with Crippen LogP contribution in [0.25, 0.3) is 10.2 Å². The molecule has 0 bridgehead atoms. The Hall–Kier alpha value is -2.19. The molecule has 1 amide bonds. The summed E-state index contributed by atoms with van der Waals surface area (Å²) in [6.07, 6.45) is 5.33. The molecule has 0 atom stereocenters. The number of aromatic nitrogens is 2. The maximum absolute atomic E-state index is 13.5. The van der Waals surface area contributed by atoms with Crippen molar-refractivity contribution < 1.29 is 4.79 Å². The Labute approximate surface area is 183 Å². The van der Waals surface area contributed by atoms with Crippen LogP contribution in [-0.4, -0.2) is 46.5 Å². The Kier molecular flexibility index (Phi) is 5.37. The average molecular weight is 443 g/mol. The van der Waals surface area contributed by atoms with Crippen LogP contribution in [0.15, 0.2) is 22.3 Å². The predicted octanol–water partition coefficient (Wildman–Crippen LogP) is 3.77.